The third kappa shape index (κ3) is 24.0. The summed E-state index contributed by atoms with van der Waals surface area (Å²) in [5, 5.41) is 52.8. The van der Waals surface area contributed by atoms with Crippen molar-refractivity contribution in [1.29, 1.82) is 0 Å². The van der Waals surface area contributed by atoms with Gasteiger partial charge in [0.25, 0.3) is 0 Å². The van der Waals surface area contributed by atoms with Gasteiger partial charge in [-0.15, -0.1) is 0 Å². The quantitative estimate of drug-likeness (QED) is 0.0386. The summed E-state index contributed by atoms with van der Waals surface area (Å²) in [6, 6.07) is -17.6. The van der Waals surface area contributed by atoms with Crippen molar-refractivity contribution in [2.45, 2.75) is 205 Å². The number of carboxylic acids is 3. The highest BCUT2D eigenvalue weighted by molar-refractivity contribution is 6.01. The lowest BCUT2D eigenvalue weighted by Gasteiger charge is -2.39. The van der Waals surface area contributed by atoms with Crippen LogP contribution in [0.2, 0.25) is 0 Å². The molecule has 0 bridgehead atoms. The van der Waals surface area contributed by atoms with Gasteiger partial charge in [-0.05, 0) is 77.6 Å². The molecule has 0 radical (unpaired) electrons. The van der Waals surface area contributed by atoms with Crippen molar-refractivity contribution >= 4 is 88.8 Å². The van der Waals surface area contributed by atoms with Crippen molar-refractivity contribution in [2.75, 3.05) is 32.7 Å². The molecule has 0 aliphatic carbocycles. The van der Waals surface area contributed by atoms with Crippen LogP contribution >= 0.6 is 0 Å². The first kappa shape index (κ1) is 75.0. The Balaban J connectivity index is 2.14. The highest BCUT2D eigenvalue weighted by Crippen LogP contribution is 2.24. The zero-order valence-corrected chi connectivity index (χ0v) is 51.7. The zero-order chi connectivity index (χ0) is 66.8. The Hall–Kier alpha value is -8.29. The monoisotopic (exact) mass is 1260 g/mol. The SMILES string of the molecule is CCC(C)CCCCC/C=C\CC(=O)NC(CN)C(=O)NC1C(=O)N2CCCCC2C(=O)NC(C(C)C(=O)O)C(=O)NC(CC(=O)O)C(=O)NCC(=O)NC(CC(=O)O)C(=O)NCC(=O)NC(C(C)N)C(=O)NC(C(C)C)C(=O)N2CCCC2C(=O)NC1C. The van der Waals surface area contributed by atoms with Crippen LogP contribution in [0.4, 0.5) is 0 Å². The highest BCUT2D eigenvalue weighted by Gasteiger charge is 2.45. The summed E-state index contributed by atoms with van der Waals surface area (Å²) in [6.07, 6.45) is 7.85. The standard InChI is InChI=1S/C57H92N14O18/c1-8-30(4)18-13-11-9-10-12-14-21-39(72)64-36(26-58)50(81)69-47-33(7)62-51(82)38-20-17-23-71(38)55(86)44(29(2)3)67-54(85)46(32(6)59)66-41(74)28-61-48(79)34(24-42(75)76)63-40(73)27-60-49(80)35(25-43(77)78)65-53(84)45(31(5)57(88)89)68-52(83)37-19-15-16-22-70(37)56(47)87/h12,14,29-38,44-47H,8-11,13,15-28,58-59H2,1-7H3,(H,60,80)(H,61,79)(H,62,82)(H,63,73)(H,64,72)(H,65,84)(H,66,74)(H,67,85)(H,68,83)(H,69,81)(H,75,76)(H,77,78)(H,88,89)/b14-12-. The topological polar surface area (TPSA) is 496 Å². The van der Waals surface area contributed by atoms with Gasteiger partial charge in [0.05, 0.1) is 37.9 Å². The van der Waals surface area contributed by atoms with Gasteiger partial charge in [-0.25, -0.2) is 0 Å². The van der Waals surface area contributed by atoms with Gasteiger partial charge in [0.2, 0.25) is 70.9 Å². The van der Waals surface area contributed by atoms with Gasteiger partial charge in [0.1, 0.15) is 54.4 Å². The maximum Gasteiger partial charge on any atom is 0.308 e. The lowest BCUT2D eigenvalue weighted by atomic mass is 9.96. The Morgan fingerprint density at radius 3 is 1.73 bits per heavy atom. The number of carbonyl (C=O) groups excluding carboxylic acids is 12. The number of piperidine rings is 1. The molecule has 13 unspecified atom stereocenters. The van der Waals surface area contributed by atoms with E-state index in [0.29, 0.717) is 5.92 Å². The van der Waals surface area contributed by atoms with E-state index in [4.69, 9.17) is 11.5 Å². The first-order valence-electron chi connectivity index (χ1n) is 30.3. The molecule has 498 valence electrons. The number of carbonyl (C=O) groups is 15. The van der Waals surface area contributed by atoms with E-state index in [-0.39, 0.29) is 51.6 Å². The van der Waals surface area contributed by atoms with E-state index >= 15 is 4.79 Å². The summed E-state index contributed by atoms with van der Waals surface area (Å²) in [6.45, 7) is 8.56. The number of aliphatic carboxylic acids is 3. The van der Waals surface area contributed by atoms with E-state index in [9.17, 15) is 82.4 Å². The van der Waals surface area contributed by atoms with Gasteiger partial charge in [-0.1, -0.05) is 65.5 Å². The Morgan fingerprint density at radius 1 is 0.629 bits per heavy atom. The number of rotatable bonds is 21. The van der Waals surface area contributed by atoms with Crippen molar-refractivity contribution in [3.63, 3.8) is 0 Å². The number of allylic oxidation sites excluding steroid dienone is 1. The fourth-order valence-electron chi connectivity index (χ4n) is 10.2. The predicted molar refractivity (Wildman–Crippen MR) is 316 cm³/mol. The van der Waals surface area contributed by atoms with Gasteiger partial charge in [-0.2, -0.15) is 0 Å². The molecule has 0 saturated carbocycles. The molecule has 3 heterocycles. The fourth-order valence-corrected chi connectivity index (χ4v) is 10.2. The summed E-state index contributed by atoms with van der Waals surface area (Å²) in [5.41, 5.74) is 12.1. The number of nitrogens with zero attached hydrogens (tertiary/aromatic N) is 2. The molecular weight excluding hydrogens is 1170 g/mol. The smallest absolute Gasteiger partial charge is 0.308 e. The van der Waals surface area contributed by atoms with Gasteiger partial charge < -0.3 is 89.8 Å². The molecule has 12 amide bonds. The maximum atomic E-state index is 15.2. The summed E-state index contributed by atoms with van der Waals surface area (Å²) in [7, 11) is 0. The van der Waals surface area contributed by atoms with E-state index in [2.05, 4.69) is 61.7 Å². The van der Waals surface area contributed by atoms with Crippen LogP contribution in [-0.2, 0) is 71.9 Å². The lowest BCUT2D eigenvalue weighted by Crippen LogP contribution is -2.66. The number of hydrogen-bond acceptors (Lipinski definition) is 17. The third-order valence-electron chi connectivity index (χ3n) is 15.7. The molecule has 3 saturated heterocycles. The molecule has 13 atom stereocenters. The molecule has 3 rings (SSSR count). The molecule has 32 heteroatoms. The van der Waals surface area contributed by atoms with Crippen LogP contribution in [-0.4, -0.2) is 213 Å². The average Bonchev–Trinajstić information content (AvgIpc) is 2.00. The van der Waals surface area contributed by atoms with Gasteiger partial charge in [0.15, 0.2) is 0 Å². The minimum Gasteiger partial charge on any atom is -0.481 e. The molecule has 0 aromatic carbocycles. The first-order chi connectivity index (χ1) is 41.9. The number of hydrogen-bond donors (Lipinski definition) is 15. The van der Waals surface area contributed by atoms with Gasteiger partial charge in [0, 0.05) is 32.1 Å². The number of amides is 12. The molecule has 0 aromatic heterocycles. The van der Waals surface area contributed by atoms with E-state index in [1.54, 1.807) is 19.9 Å². The zero-order valence-electron chi connectivity index (χ0n) is 51.7. The lowest BCUT2D eigenvalue weighted by molar-refractivity contribution is -0.149. The number of fused-ring (bicyclic) bond motifs is 2. The Morgan fingerprint density at radius 2 is 1.17 bits per heavy atom. The van der Waals surface area contributed by atoms with Crippen LogP contribution in [0.25, 0.3) is 0 Å². The molecule has 3 aliphatic rings. The van der Waals surface area contributed by atoms with E-state index in [1.165, 1.54) is 18.7 Å². The van der Waals surface area contributed by atoms with Crippen LogP contribution < -0.4 is 64.6 Å². The van der Waals surface area contributed by atoms with Crippen molar-refractivity contribution in [2.24, 2.45) is 29.2 Å². The first-order valence-corrected chi connectivity index (χ1v) is 30.3. The van der Waals surface area contributed by atoms with E-state index < -0.39 is 200 Å². The Kier molecular flexibility index (Phi) is 31.1. The number of nitrogens with one attached hydrogen (secondary N) is 10. The molecule has 0 spiro atoms. The van der Waals surface area contributed by atoms with Crippen LogP contribution in [0.3, 0.4) is 0 Å². The second-order valence-electron chi connectivity index (χ2n) is 23.3. The van der Waals surface area contributed by atoms with Crippen LogP contribution in [0, 0.1) is 17.8 Å². The minimum absolute atomic E-state index is 0.00252. The van der Waals surface area contributed by atoms with Crippen molar-refractivity contribution in [3.05, 3.63) is 12.2 Å². The van der Waals surface area contributed by atoms with Gasteiger partial charge in [-0.3, -0.25) is 71.9 Å². The van der Waals surface area contributed by atoms with Crippen molar-refractivity contribution in [3.8, 4) is 0 Å². The molecule has 3 aliphatic heterocycles. The summed E-state index contributed by atoms with van der Waals surface area (Å²) in [5.74, 6) is -19.3. The highest BCUT2D eigenvalue weighted by atomic mass is 16.4. The third-order valence-corrected chi connectivity index (χ3v) is 15.7. The second kappa shape index (κ2) is 36.9. The van der Waals surface area contributed by atoms with Crippen LogP contribution in [0.15, 0.2) is 12.2 Å². The van der Waals surface area contributed by atoms with Gasteiger partial charge >= 0.3 is 17.9 Å². The van der Waals surface area contributed by atoms with Crippen LogP contribution in [0.5, 0.6) is 0 Å². The molecular formula is C57H92N14O18. The van der Waals surface area contributed by atoms with Crippen molar-refractivity contribution in [1.82, 2.24) is 63.0 Å². The minimum atomic E-state index is -2.10. The maximum absolute atomic E-state index is 15.2. The van der Waals surface area contributed by atoms with E-state index in [0.717, 1.165) is 50.3 Å². The molecule has 3 fully saturated rings. The summed E-state index contributed by atoms with van der Waals surface area (Å²) >= 11 is 0. The average molecular weight is 1260 g/mol. The number of nitrogens with two attached hydrogens (primary N) is 2. The predicted octanol–water partition coefficient (Wildman–Crippen LogP) is -3.92. The molecule has 32 nitrogen and oxygen atoms in total. The molecule has 89 heavy (non-hydrogen) atoms. The molecule has 17 N–H and O–H groups in total. The van der Waals surface area contributed by atoms with Crippen molar-refractivity contribution < 1.29 is 87.2 Å². The fraction of sp³-hybridized carbons (Fsp3) is 0.702. The molecule has 0 aromatic rings. The largest absolute Gasteiger partial charge is 0.481 e. The summed E-state index contributed by atoms with van der Waals surface area (Å²) in [4.78, 5) is 206. The summed E-state index contributed by atoms with van der Waals surface area (Å²) < 4.78 is 0. The Bertz CT molecular complexity index is 2600. The van der Waals surface area contributed by atoms with E-state index in [1.807, 2.05) is 11.4 Å². The second-order valence-corrected chi connectivity index (χ2v) is 23.3. The van der Waals surface area contributed by atoms with Crippen LogP contribution in [0.1, 0.15) is 138 Å². The Labute approximate surface area is 516 Å². The number of carboxylic acid groups (broad SMARTS) is 3. The number of unbranched alkanes of at least 4 members (excludes halogenated alkanes) is 3. The normalized spacial score (nSPS) is 26.0.